The molecule has 2 aromatic carbocycles. The number of para-hydroxylation sites is 1. The van der Waals surface area contributed by atoms with Crippen molar-refractivity contribution in [2.45, 2.75) is 50.7 Å². The Morgan fingerprint density at radius 2 is 1.73 bits per heavy atom. The third-order valence-corrected chi connectivity index (χ3v) is 8.54. The molecule has 0 aromatic heterocycles. The zero-order valence-corrected chi connectivity index (χ0v) is 25.1. The number of nitrogens with one attached hydrogen (secondary N) is 1. The maximum atomic E-state index is 12.9. The first-order valence-electron chi connectivity index (χ1n) is 14.5. The first kappa shape index (κ1) is 31.1. The third kappa shape index (κ3) is 8.57. The number of benzene rings is 2. The van der Waals surface area contributed by atoms with Crippen LogP contribution in [0, 0.1) is 0 Å². The number of fused-ring (bicyclic) bond motifs is 1. The Hall–Kier alpha value is -2.86. The number of anilines is 1. The second-order valence-corrected chi connectivity index (χ2v) is 11.7. The minimum Gasteiger partial charge on any atom is -0.492 e. The molecule has 41 heavy (non-hydrogen) atoms. The molecule has 2 aliphatic heterocycles. The van der Waals surface area contributed by atoms with E-state index in [2.05, 4.69) is 22.0 Å². The van der Waals surface area contributed by atoms with Crippen LogP contribution >= 0.6 is 0 Å². The normalized spacial score (nSPS) is 18.9. The molecule has 0 saturated carbocycles. The molecule has 10 nitrogen and oxygen atoms in total. The lowest BCUT2D eigenvalue weighted by Gasteiger charge is -2.37. The molecule has 2 aromatic rings. The van der Waals surface area contributed by atoms with Crippen LogP contribution in [0.4, 0.5) is 5.69 Å². The monoisotopic (exact) mass is 589 g/mol. The molecular weight excluding hydrogens is 546 g/mol. The van der Waals surface area contributed by atoms with E-state index in [0.29, 0.717) is 67.3 Å². The summed E-state index contributed by atoms with van der Waals surface area (Å²) in [5, 5.41) is 13.9. The largest absolute Gasteiger partial charge is 0.492 e. The van der Waals surface area contributed by atoms with Gasteiger partial charge < -0.3 is 29.4 Å². The van der Waals surface area contributed by atoms with Crippen LogP contribution in [0.15, 0.2) is 41.3 Å². The molecule has 3 unspecified atom stereocenters. The van der Waals surface area contributed by atoms with Crippen molar-refractivity contribution in [3.05, 3.63) is 36.4 Å². The molecule has 2 N–H and O–H groups in total. The highest BCUT2D eigenvalue weighted by Gasteiger charge is 2.31. The fraction of sp³-hybridized carbons (Fsp3) is 0.567. The van der Waals surface area contributed by atoms with Crippen LogP contribution < -0.4 is 24.3 Å². The van der Waals surface area contributed by atoms with Gasteiger partial charge in [-0.2, -0.15) is 0 Å². The summed E-state index contributed by atoms with van der Waals surface area (Å²) in [6.45, 7) is 10.6. The molecule has 2 aliphatic rings. The van der Waals surface area contributed by atoms with Gasteiger partial charge in [-0.15, -0.1) is 0 Å². The summed E-state index contributed by atoms with van der Waals surface area (Å²) < 4.78 is 35.8. The standard InChI is InChI=1S/C30H43N3O7S/c1-4-7-17-41(36)22-11-12-24-27(18-22)39-21-28(40-24)23(34)19-32-13-15-33(16-14-32)20-29(35)31-30-25(37-5-2)9-8-10-26(30)38-6-3/h8-12,18,23,28,34H,4-7,13-17,19-21H2,1-3H3,(H,31,35). The van der Waals surface area contributed by atoms with Crippen LogP contribution in [0.3, 0.4) is 0 Å². The minimum absolute atomic E-state index is 0.129. The number of aliphatic hydroxyl groups excluding tert-OH is 1. The highest BCUT2D eigenvalue weighted by atomic mass is 32.2. The first-order valence-corrected chi connectivity index (χ1v) is 15.9. The Morgan fingerprint density at radius 3 is 2.39 bits per heavy atom. The van der Waals surface area contributed by atoms with Gasteiger partial charge in [-0.1, -0.05) is 19.4 Å². The number of carbonyl (C=O) groups is 1. The van der Waals surface area contributed by atoms with Gasteiger partial charge in [0.2, 0.25) is 5.91 Å². The quantitative estimate of drug-likeness (QED) is 0.344. The van der Waals surface area contributed by atoms with E-state index in [1.807, 2.05) is 38.1 Å². The van der Waals surface area contributed by atoms with Gasteiger partial charge in [0, 0.05) is 49.4 Å². The molecule has 0 bridgehead atoms. The summed E-state index contributed by atoms with van der Waals surface area (Å²) in [7, 11) is -1.06. The lowest BCUT2D eigenvalue weighted by atomic mass is 10.1. The summed E-state index contributed by atoms with van der Waals surface area (Å²) >= 11 is 0. The van der Waals surface area contributed by atoms with Crippen molar-refractivity contribution in [2.24, 2.45) is 0 Å². The van der Waals surface area contributed by atoms with Gasteiger partial charge in [0.25, 0.3) is 0 Å². The summed E-state index contributed by atoms with van der Waals surface area (Å²) in [6, 6.07) is 10.9. The molecule has 0 radical (unpaired) electrons. The van der Waals surface area contributed by atoms with Crippen molar-refractivity contribution in [3.8, 4) is 23.0 Å². The highest BCUT2D eigenvalue weighted by molar-refractivity contribution is 7.85. The average Bonchev–Trinajstić information content (AvgIpc) is 2.98. The van der Waals surface area contributed by atoms with E-state index < -0.39 is 23.0 Å². The highest BCUT2D eigenvalue weighted by Crippen LogP contribution is 2.35. The van der Waals surface area contributed by atoms with E-state index in [4.69, 9.17) is 18.9 Å². The molecule has 1 fully saturated rings. The molecule has 11 heteroatoms. The number of nitrogens with zero attached hydrogens (tertiary/aromatic N) is 2. The molecular formula is C30H43N3O7S. The Morgan fingerprint density at radius 1 is 1.05 bits per heavy atom. The van der Waals surface area contributed by atoms with E-state index in [1.165, 1.54) is 0 Å². The van der Waals surface area contributed by atoms with Crippen molar-refractivity contribution < 1.29 is 33.1 Å². The van der Waals surface area contributed by atoms with E-state index in [-0.39, 0.29) is 19.1 Å². The van der Waals surface area contributed by atoms with Crippen molar-refractivity contribution in [1.29, 1.82) is 0 Å². The number of β-amino-alcohol motifs (C(OH)–C–C–N with tert-alkyl or cyclic N) is 1. The number of carbonyl (C=O) groups excluding carboxylic acids is 1. The predicted octanol–water partition coefficient (Wildman–Crippen LogP) is 3.15. The number of unbranched alkanes of at least 4 members (excludes halogenated alkanes) is 1. The van der Waals surface area contributed by atoms with Crippen LogP contribution in [0.2, 0.25) is 0 Å². The lowest BCUT2D eigenvalue weighted by Crippen LogP contribution is -2.53. The third-order valence-electron chi connectivity index (χ3n) is 7.10. The summed E-state index contributed by atoms with van der Waals surface area (Å²) in [5.41, 5.74) is 0.556. The second-order valence-electron chi connectivity index (χ2n) is 10.2. The number of hydrogen-bond acceptors (Lipinski definition) is 9. The van der Waals surface area contributed by atoms with Crippen LogP contribution in [0.25, 0.3) is 0 Å². The van der Waals surface area contributed by atoms with E-state index in [9.17, 15) is 14.1 Å². The van der Waals surface area contributed by atoms with E-state index in [0.717, 1.165) is 30.8 Å². The fourth-order valence-electron chi connectivity index (χ4n) is 4.87. The number of piperazine rings is 1. The molecule has 3 atom stereocenters. The molecule has 4 rings (SSSR count). The van der Waals surface area contributed by atoms with Gasteiger partial charge >= 0.3 is 0 Å². The van der Waals surface area contributed by atoms with Crippen LogP contribution in [-0.4, -0.2) is 102 Å². The van der Waals surface area contributed by atoms with E-state index in [1.54, 1.807) is 12.1 Å². The maximum absolute atomic E-state index is 12.9. The van der Waals surface area contributed by atoms with Gasteiger partial charge in [-0.25, -0.2) is 0 Å². The average molecular weight is 590 g/mol. The number of hydrogen-bond donors (Lipinski definition) is 2. The number of aliphatic hydroxyl groups is 1. The second kappa shape index (κ2) is 15.4. The Balaban J connectivity index is 1.23. The zero-order chi connectivity index (χ0) is 29.2. The van der Waals surface area contributed by atoms with Gasteiger partial charge in [0.1, 0.15) is 29.9 Å². The van der Waals surface area contributed by atoms with Gasteiger partial charge in [-0.3, -0.25) is 18.8 Å². The van der Waals surface area contributed by atoms with Crippen molar-refractivity contribution in [3.63, 3.8) is 0 Å². The molecule has 1 amide bonds. The zero-order valence-electron chi connectivity index (χ0n) is 24.3. The number of ether oxygens (including phenoxy) is 4. The predicted molar refractivity (Wildman–Crippen MR) is 159 cm³/mol. The Labute approximate surface area is 245 Å². The number of rotatable bonds is 14. The topological polar surface area (TPSA) is 110 Å². The maximum Gasteiger partial charge on any atom is 0.238 e. The van der Waals surface area contributed by atoms with Crippen LogP contribution in [0.1, 0.15) is 33.6 Å². The smallest absolute Gasteiger partial charge is 0.238 e. The summed E-state index contributed by atoms with van der Waals surface area (Å²) in [5.74, 6) is 2.81. The van der Waals surface area contributed by atoms with Gasteiger partial charge in [-0.05, 0) is 44.5 Å². The van der Waals surface area contributed by atoms with Gasteiger partial charge in [0.15, 0.2) is 17.6 Å². The van der Waals surface area contributed by atoms with Crippen LogP contribution in [0.5, 0.6) is 23.0 Å². The summed E-state index contributed by atoms with van der Waals surface area (Å²) in [6.07, 6.45) is 0.686. The van der Waals surface area contributed by atoms with Crippen molar-refractivity contribution in [1.82, 2.24) is 9.80 Å². The number of amides is 1. The SMILES string of the molecule is CCCCS(=O)c1ccc2c(c1)OCC(C(O)CN1CCN(CC(=O)Nc3c(OCC)cccc3OCC)CC1)O2. The lowest BCUT2D eigenvalue weighted by molar-refractivity contribution is -0.117. The molecule has 2 heterocycles. The van der Waals surface area contributed by atoms with Crippen LogP contribution in [-0.2, 0) is 15.6 Å². The molecule has 0 spiro atoms. The summed E-state index contributed by atoms with van der Waals surface area (Å²) in [4.78, 5) is 17.9. The Kier molecular flexibility index (Phi) is 11.7. The van der Waals surface area contributed by atoms with Crippen molar-refractivity contribution in [2.75, 3.05) is 70.2 Å². The van der Waals surface area contributed by atoms with E-state index >= 15 is 0 Å². The fourth-order valence-corrected chi connectivity index (χ4v) is 6.12. The molecule has 1 saturated heterocycles. The Bertz CT molecular complexity index is 1150. The minimum atomic E-state index is -1.06. The first-order chi connectivity index (χ1) is 19.9. The molecule has 0 aliphatic carbocycles. The van der Waals surface area contributed by atoms with Gasteiger partial charge in [0.05, 0.1) is 30.6 Å². The molecule has 226 valence electrons. The van der Waals surface area contributed by atoms with Crippen molar-refractivity contribution >= 4 is 22.4 Å².